The third-order valence-corrected chi connectivity index (χ3v) is 16.8. The molecule has 0 bridgehead atoms. The molecular formula is C76H135NO10. The predicted octanol–water partition coefficient (Wildman–Crippen LogP) is 18.8. The number of hydrogen-bond donors (Lipinski definition) is 6. The number of nitrogens with one attached hydrogen (secondary N) is 1. The lowest BCUT2D eigenvalue weighted by atomic mass is 9.99. The summed E-state index contributed by atoms with van der Waals surface area (Å²) < 4.78 is 17.7. The van der Waals surface area contributed by atoms with Crippen molar-refractivity contribution < 1.29 is 49.3 Å². The first-order chi connectivity index (χ1) is 42.7. The predicted molar refractivity (Wildman–Crippen MR) is 366 cm³/mol. The van der Waals surface area contributed by atoms with E-state index in [1.807, 2.05) is 6.08 Å². The summed E-state index contributed by atoms with van der Waals surface area (Å²) in [6, 6.07) is -1.03. The fourth-order valence-electron chi connectivity index (χ4n) is 11.1. The van der Waals surface area contributed by atoms with Crippen LogP contribution < -0.4 is 5.32 Å². The molecular weight excluding hydrogens is 1090 g/mol. The molecule has 8 unspecified atom stereocenters. The number of hydrogen-bond acceptors (Lipinski definition) is 10. The molecule has 87 heavy (non-hydrogen) atoms. The first kappa shape index (κ1) is 81.9. The Morgan fingerprint density at radius 3 is 1.24 bits per heavy atom. The Morgan fingerprint density at radius 2 is 0.828 bits per heavy atom. The molecule has 1 amide bonds. The van der Waals surface area contributed by atoms with E-state index >= 15 is 0 Å². The summed E-state index contributed by atoms with van der Waals surface area (Å²) >= 11 is 0. The van der Waals surface area contributed by atoms with Gasteiger partial charge in [-0.1, -0.05) is 324 Å². The van der Waals surface area contributed by atoms with Gasteiger partial charge in [0.15, 0.2) is 12.4 Å². The number of aliphatic hydroxyl groups excluding tert-OH is 5. The van der Waals surface area contributed by atoms with Crippen molar-refractivity contribution in [3.8, 4) is 0 Å². The van der Waals surface area contributed by atoms with E-state index < -0.39 is 67.4 Å². The first-order valence-electron chi connectivity index (χ1n) is 36.4. The molecule has 0 aromatic carbocycles. The van der Waals surface area contributed by atoms with Gasteiger partial charge in [0, 0.05) is 6.42 Å². The average Bonchev–Trinajstić information content (AvgIpc) is 1.52. The van der Waals surface area contributed by atoms with Crippen molar-refractivity contribution in [3.05, 3.63) is 85.1 Å². The molecule has 1 saturated heterocycles. The Labute approximate surface area is 533 Å². The van der Waals surface area contributed by atoms with Crippen LogP contribution in [0.2, 0.25) is 0 Å². The molecule has 1 aliphatic rings. The van der Waals surface area contributed by atoms with Crippen LogP contribution in [-0.2, 0) is 23.8 Å². The highest BCUT2D eigenvalue weighted by Crippen LogP contribution is 2.26. The van der Waals surface area contributed by atoms with Gasteiger partial charge in [0.2, 0.25) is 5.91 Å². The van der Waals surface area contributed by atoms with Crippen LogP contribution in [0.1, 0.15) is 323 Å². The van der Waals surface area contributed by atoms with Crippen molar-refractivity contribution in [1.29, 1.82) is 0 Å². The molecule has 0 aromatic heterocycles. The van der Waals surface area contributed by atoms with E-state index in [0.29, 0.717) is 12.8 Å². The van der Waals surface area contributed by atoms with Crippen molar-refractivity contribution >= 4 is 11.9 Å². The molecule has 1 heterocycles. The van der Waals surface area contributed by atoms with E-state index in [1.165, 1.54) is 161 Å². The van der Waals surface area contributed by atoms with Crippen LogP contribution in [0.25, 0.3) is 0 Å². The van der Waals surface area contributed by atoms with Crippen LogP contribution in [0.5, 0.6) is 0 Å². The normalized spacial score (nSPS) is 18.7. The lowest BCUT2D eigenvalue weighted by molar-refractivity contribution is -0.305. The highest BCUT2D eigenvalue weighted by molar-refractivity contribution is 5.80. The fourth-order valence-corrected chi connectivity index (χ4v) is 11.1. The summed E-state index contributed by atoms with van der Waals surface area (Å²) in [6.45, 7) is 5.71. The zero-order chi connectivity index (χ0) is 63.1. The molecule has 0 aromatic rings. The Hall–Kier alpha value is -3.16. The highest BCUT2D eigenvalue weighted by Gasteiger charge is 2.47. The van der Waals surface area contributed by atoms with E-state index in [4.69, 9.17) is 14.2 Å². The van der Waals surface area contributed by atoms with E-state index in [0.717, 1.165) is 116 Å². The zero-order valence-electron chi connectivity index (χ0n) is 56.1. The van der Waals surface area contributed by atoms with Gasteiger partial charge in [-0.3, -0.25) is 9.59 Å². The highest BCUT2D eigenvalue weighted by atomic mass is 16.7. The van der Waals surface area contributed by atoms with Crippen molar-refractivity contribution in [2.24, 2.45) is 0 Å². The van der Waals surface area contributed by atoms with E-state index in [2.05, 4.69) is 99.0 Å². The van der Waals surface area contributed by atoms with Crippen molar-refractivity contribution in [3.63, 3.8) is 0 Å². The van der Waals surface area contributed by atoms with Gasteiger partial charge in [-0.2, -0.15) is 0 Å². The van der Waals surface area contributed by atoms with Crippen LogP contribution in [0.3, 0.4) is 0 Å². The number of carbonyl (C=O) groups excluding carboxylic acids is 2. The van der Waals surface area contributed by atoms with Crippen LogP contribution >= 0.6 is 0 Å². The molecule has 0 aliphatic carbocycles. The van der Waals surface area contributed by atoms with Crippen molar-refractivity contribution in [1.82, 2.24) is 5.32 Å². The maximum Gasteiger partial charge on any atom is 0.306 e. The summed E-state index contributed by atoms with van der Waals surface area (Å²) in [6.07, 6.45) is 73.3. The Kier molecular flexibility index (Phi) is 59.3. The molecule has 0 spiro atoms. The minimum Gasteiger partial charge on any atom is -0.454 e. The Bertz CT molecular complexity index is 1740. The first-order valence-corrected chi connectivity index (χ1v) is 36.4. The van der Waals surface area contributed by atoms with Gasteiger partial charge in [0.1, 0.15) is 24.4 Å². The summed E-state index contributed by atoms with van der Waals surface area (Å²) in [4.78, 5) is 26.7. The number of esters is 1. The van der Waals surface area contributed by atoms with Gasteiger partial charge in [-0.25, -0.2) is 0 Å². The van der Waals surface area contributed by atoms with Crippen molar-refractivity contribution in [2.75, 3.05) is 13.2 Å². The average molecular weight is 1220 g/mol. The molecule has 0 radical (unpaired) electrons. The molecule has 1 fully saturated rings. The lowest BCUT2D eigenvalue weighted by Gasteiger charge is -2.41. The number of rotatable bonds is 62. The second-order valence-corrected chi connectivity index (χ2v) is 24.9. The number of allylic oxidation sites excluding steroid dienone is 13. The van der Waals surface area contributed by atoms with Crippen LogP contribution in [-0.4, -0.2) is 99.6 Å². The maximum atomic E-state index is 13.5. The molecule has 6 N–H and O–H groups in total. The van der Waals surface area contributed by atoms with Crippen LogP contribution in [0.4, 0.5) is 0 Å². The largest absolute Gasteiger partial charge is 0.454 e. The van der Waals surface area contributed by atoms with E-state index in [9.17, 15) is 35.1 Å². The van der Waals surface area contributed by atoms with Crippen molar-refractivity contribution in [2.45, 2.75) is 372 Å². The monoisotopic (exact) mass is 1220 g/mol. The van der Waals surface area contributed by atoms with E-state index in [1.54, 1.807) is 6.08 Å². The number of unbranched alkanes of at least 4 members (excludes halogenated alkanes) is 36. The SMILES string of the molecule is CC/C=C\C/C=C\C/C=C\C/C=C\C/C=C\C/C=C\CCCCCCCCCC(O)C(=O)NC(COC1OC(CO)C(O)C(O)C1OC(=O)CCCCCCCCCCCCCCCCCCCCC)C(O)/C=C/CCCCCCCCCCCCC. The van der Waals surface area contributed by atoms with Gasteiger partial charge in [-0.15, -0.1) is 0 Å². The minimum atomic E-state index is -1.62. The second kappa shape index (κ2) is 63.0. The van der Waals surface area contributed by atoms with Gasteiger partial charge in [0.25, 0.3) is 0 Å². The van der Waals surface area contributed by atoms with Gasteiger partial charge < -0.3 is 45.1 Å². The number of aliphatic hydroxyl groups is 5. The third-order valence-electron chi connectivity index (χ3n) is 16.8. The minimum absolute atomic E-state index is 0.124. The number of carbonyl (C=O) groups is 2. The molecule has 0 saturated carbocycles. The standard InChI is InChI=1S/C76H135NO10/c1-4-7-10-13-16-19-22-25-27-29-31-32-33-34-35-36-37-39-40-42-45-48-51-54-57-60-63-69(80)75(84)77-67(68(79)62-59-56-53-50-47-44-24-21-18-15-12-9-6-3)66-85-76-74(73(83)72(82)70(65-78)86-76)87-71(81)64-61-58-55-52-49-46-43-41-38-30-28-26-23-20-17-14-11-8-5-2/h7,10,16,19,25,27,31-32,34-35,37,39,59,62,67-70,72-74,76,78-80,82-83H,4-6,8-9,11-15,17-18,20-24,26,28-30,33,36,38,40-58,60-61,63-66H2,1-3H3,(H,77,84)/b10-7-,19-16-,27-25-,32-31-,35-34-,39-37-,62-59+. The summed E-state index contributed by atoms with van der Waals surface area (Å²) in [7, 11) is 0. The number of amides is 1. The molecule has 11 heteroatoms. The fraction of sp³-hybridized carbons (Fsp3) is 0.789. The van der Waals surface area contributed by atoms with E-state index in [-0.39, 0.29) is 19.4 Å². The smallest absolute Gasteiger partial charge is 0.306 e. The second-order valence-electron chi connectivity index (χ2n) is 24.9. The topological polar surface area (TPSA) is 175 Å². The summed E-state index contributed by atoms with van der Waals surface area (Å²) in [5, 5.41) is 57.3. The number of ether oxygens (including phenoxy) is 3. The van der Waals surface area contributed by atoms with Crippen LogP contribution in [0, 0.1) is 0 Å². The summed E-state index contributed by atoms with van der Waals surface area (Å²) in [5.41, 5.74) is 0. The van der Waals surface area contributed by atoms with Gasteiger partial charge >= 0.3 is 5.97 Å². The molecule has 504 valence electrons. The molecule has 1 aliphatic heterocycles. The maximum absolute atomic E-state index is 13.5. The van der Waals surface area contributed by atoms with Gasteiger partial charge in [0.05, 0.1) is 25.4 Å². The summed E-state index contributed by atoms with van der Waals surface area (Å²) in [5.74, 6) is -1.19. The Morgan fingerprint density at radius 1 is 0.460 bits per heavy atom. The van der Waals surface area contributed by atoms with Crippen LogP contribution in [0.15, 0.2) is 85.1 Å². The Balaban J connectivity index is 2.59. The lowest BCUT2D eigenvalue weighted by Crippen LogP contribution is -2.61. The zero-order valence-corrected chi connectivity index (χ0v) is 56.1. The molecule has 11 nitrogen and oxygen atoms in total. The molecule has 1 rings (SSSR count). The molecule has 8 atom stereocenters. The quantitative estimate of drug-likeness (QED) is 0.0195. The van der Waals surface area contributed by atoms with Gasteiger partial charge in [-0.05, 0) is 77.0 Å². The third kappa shape index (κ3) is 50.2.